The first kappa shape index (κ1) is 26.8. The molecule has 0 aliphatic carbocycles. The first-order valence-corrected chi connectivity index (χ1v) is 10.8. The molecule has 170 valence electrons. The van der Waals surface area contributed by atoms with Crippen LogP contribution in [0.3, 0.4) is 0 Å². The first-order chi connectivity index (χ1) is 14.1. The summed E-state index contributed by atoms with van der Waals surface area (Å²) in [4.78, 5) is 17.8. The molecule has 2 aromatic rings. The average molecular weight is 563 g/mol. The predicted octanol–water partition coefficient (Wildman–Crippen LogP) is 1.46. The topological polar surface area (TPSA) is 117 Å². The summed E-state index contributed by atoms with van der Waals surface area (Å²) >= 11 is 0. The van der Waals surface area contributed by atoms with Gasteiger partial charge in [0.05, 0.1) is 18.0 Å². The molecule has 2 aromatic carbocycles. The molecule has 0 aromatic heterocycles. The third kappa shape index (κ3) is 9.61. The lowest BCUT2D eigenvalue weighted by Gasteiger charge is -2.15. The van der Waals surface area contributed by atoms with Gasteiger partial charge in [0, 0.05) is 20.6 Å². The van der Waals surface area contributed by atoms with Crippen molar-refractivity contribution in [2.75, 3.05) is 27.2 Å². The summed E-state index contributed by atoms with van der Waals surface area (Å²) in [5.74, 6) is 0.0367. The van der Waals surface area contributed by atoms with Crippen molar-refractivity contribution >= 4 is 45.9 Å². The van der Waals surface area contributed by atoms with E-state index in [1.165, 1.54) is 29.2 Å². The molecule has 0 aliphatic rings. The minimum Gasteiger partial charge on any atom is -0.356 e. The second-order valence-electron chi connectivity index (χ2n) is 6.80. The maximum absolute atomic E-state index is 13.0. The number of halogens is 2. The van der Waals surface area contributed by atoms with Crippen LogP contribution in [0, 0.1) is 5.82 Å². The van der Waals surface area contributed by atoms with Crippen molar-refractivity contribution in [2.45, 2.75) is 17.9 Å². The van der Waals surface area contributed by atoms with Crippen LogP contribution in [0.1, 0.15) is 11.1 Å². The molecule has 0 radical (unpaired) electrons. The number of hydrogen-bond acceptors (Lipinski definition) is 4. The van der Waals surface area contributed by atoms with Gasteiger partial charge in [-0.15, -0.1) is 24.0 Å². The van der Waals surface area contributed by atoms with Crippen molar-refractivity contribution in [3.63, 3.8) is 0 Å². The number of likely N-dealkylation sites (N-methyl/N-ethyl adjacent to an activating group) is 1. The van der Waals surface area contributed by atoms with Crippen molar-refractivity contribution in [1.82, 2.24) is 15.5 Å². The molecule has 11 heteroatoms. The fourth-order valence-electron chi connectivity index (χ4n) is 2.42. The number of rotatable bonds is 8. The van der Waals surface area contributed by atoms with E-state index >= 15 is 0 Å². The Balaban J connectivity index is 0.00000480. The molecular formula is C20H27FIN5O3S. The Morgan fingerprint density at radius 3 is 2.16 bits per heavy atom. The van der Waals surface area contributed by atoms with Crippen LogP contribution in [-0.2, 0) is 27.8 Å². The number of primary sulfonamides is 1. The van der Waals surface area contributed by atoms with Crippen molar-refractivity contribution in [3.8, 4) is 0 Å². The highest BCUT2D eigenvalue weighted by Crippen LogP contribution is 2.09. The van der Waals surface area contributed by atoms with Gasteiger partial charge in [0.1, 0.15) is 5.82 Å². The summed E-state index contributed by atoms with van der Waals surface area (Å²) in [6.07, 6.45) is 0.645. The normalized spacial score (nSPS) is 11.4. The van der Waals surface area contributed by atoms with Crippen LogP contribution in [0.4, 0.5) is 4.39 Å². The molecule has 31 heavy (non-hydrogen) atoms. The molecule has 0 heterocycles. The number of carbonyl (C=O) groups is 1. The number of benzene rings is 2. The highest BCUT2D eigenvalue weighted by atomic mass is 127. The lowest BCUT2D eigenvalue weighted by molar-refractivity contribution is -0.127. The number of nitrogens with two attached hydrogens (primary N) is 1. The molecule has 1 amide bonds. The molecule has 0 aliphatic heterocycles. The second-order valence-corrected chi connectivity index (χ2v) is 8.36. The number of hydrogen-bond donors (Lipinski definition) is 3. The molecule has 8 nitrogen and oxygen atoms in total. The number of guanidine groups is 1. The van der Waals surface area contributed by atoms with Gasteiger partial charge in [-0.25, -0.2) is 22.9 Å². The number of nitrogens with zero attached hydrogens (tertiary/aromatic N) is 2. The van der Waals surface area contributed by atoms with Gasteiger partial charge >= 0.3 is 0 Å². The molecule has 0 saturated carbocycles. The SMILES string of the molecule is CN(C)C(=O)CNC(=NCc1ccc(S(N)(=O)=O)cc1)NCCc1ccc(F)cc1.I. The Labute approximate surface area is 199 Å². The minimum absolute atomic E-state index is 0. The number of aliphatic imine (C=N–C) groups is 1. The van der Waals surface area contributed by atoms with E-state index in [9.17, 15) is 17.6 Å². The Kier molecular flexibility index (Phi) is 10.9. The third-order valence-electron chi connectivity index (χ3n) is 4.20. The molecule has 0 atom stereocenters. The van der Waals surface area contributed by atoms with E-state index in [1.807, 2.05) is 0 Å². The standard InChI is InChI=1S/C20H26FN5O3S.HI/c1-26(2)19(27)14-25-20(23-12-11-15-3-7-17(21)8-4-15)24-13-16-5-9-18(10-6-16)30(22,28)29;/h3-10H,11-14H2,1-2H3,(H2,22,28,29)(H2,23,24,25);1H. The van der Waals surface area contributed by atoms with E-state index < -0.39 is 10.0 Å². The Morgan fingerprint density at radius 2 is 1.61 bits per heavy atom. The molecule has 2 rings (SSSR count). The quantitative estimate of drug-likeness (QED) is 0.256. The van der Waals surface area contributed by atoms with Gasteiger partial charge in [0.15, 0.2) is 5.96 Å². The molecule has 0 unspecified atom stereocenters. The second kappa shape index (κ2) is 12.6. The smallest absolute Gasteiger partial charge is 0.241 e. The van der Waals surface area contributed by atoms with Crippen molar-refractivity contribution in [3.05, 3.63) is 65.5 Å². The number of carbonyl (C=O) groups excluding carboxylic acids is 1. The van der Waals surface area contributed by atoms with Crippen molar-refractivity contribution in [2.24, 2.45) is 10.1 Å². The van der Waals surface area contributed by atoms with Crippen LogP contribution < -0.4 is 15.8 Å². The number of amides is 1. The molecular weight excluding hydrogens is 536 g/mol. The average Bonchev–Trinajstić information content (AvgIpc) is 2.70. The van der Waals surface area contributed by atoms with Crippen molar-refractivity contribution < 1.29 is 17.6 Å². The molecule has 0 spiro atoms. The van der Waals surface area contributed by atoms with Crippen molar-refractivity contribution in [1.29, 1.82) is 0 Å². The molecule has 0 fully saturated rings. The molecule has 0 bridgehead atoms. The summed E-state index contributed by atoms with van der Waals surface area (Å²) in [5, 5.41) is 11.2. The van der Waals surface area contributed by atoms with Gasteiger partial charge in [-0.05, 0) is 41.8 Å². The highest BCUT2D eigenvalue weighted by Gasteiger charge is 2.08. The zero-order chi connectivity index (χ0) is 22.1. The minimum atomic E-state index is -3.74. The van der Waals surface area contributed by atoms with Crippen LogP contribution >= 0.6 is 24.0 Å². The van der Waals surface area contributed by atoms with Crippen LogP contribution in [0.15, 0.2) is 58.4 Å². The van der Waals surface area contributed by atoms with Gasteiger partial charge in [-0.1, -0.05) is 24.3 Å². The van der Waals surface area contributed by atoms with Gasteiger partial charge in [-0.3, -0.25) is 4.79 Å². The maximum Gasteiger partial charge on any atom is 0.241 e. The maximum atomic E-state index is 13.0. The van der Waals surface area contributed by atoms with Gasteiger partial charge in [-0.2, -0.15) is 0 Å². The van der Waals surface area contributed by atoms with Crippen LogP contribution in [0.5, 0.6) is 0 Å². The van der Waals surface area contributed by atoms with Crippen LogP contribution in [-0.4, -0.2) is 52.4 Å². The van der Waals surface area contributed by atoms with Crippen LogP contribution in [0.2, 0.25) is 0 Å². The Hall–Kier alpha value is -2.25. The van der Waals surface area contributed by atoms with E-state index in [1.54, 1.807) is 38.4 Å². The van der Waals surface area contributed by atoms with E-state index in [-0.39, 0.29) is 53.7 Å². The summed E-state index contributed by atoms with van der Waals surface area (Å²) in [5.41, 5.74) is 1.74. The monoisotopic (exact) mass is 563 g/mol. The zero-order valence-electron chi connectivity index (χ0n) is 17.3. The zero-order valence-corrected chi connectivity index (χ0v) is 20.5. The summed E-state index contributed by atoms with van der Waals surface area (Å²) in [6, 6.07) is 12.3. The largest absolute Gasteiger partial charge is 0.356 e. The van der Waals surface area contributed by atoms with E-state index in [4.69, 9.17) is 5.14 Å². The van der Waals surface area contributed by atoms with E-state index in [0.29, 0.717) is 18.9 Å². The molecule has 0 saturated heterocycles. The third-order valence-corrected chi connectivity index (χ3v) is 5.13. The van der Waals surface area contributed by atoms with Gasteiger partial charge < -0.3 is 15.5 Å². The number of sulfonamides is 1. The fraction of sp³-hybridized carbons (Fsp3) is 0.300. The van der Waals surface area contributed by atoms with E-state index in [0.717, 1.165) is 11.1 Å². The first-order valence-electron chi connectivity index (χ1n) is 9.23. The van der Waals surface area contributed by atoms with E-state index in [2.05, 4.69) is 15.6 Å². The highest BCUT2D eigenvalue weighted by molar-refractivity contribution is 14.0. The van der Waals surface area contributed by atoms with Gasteiger partial charge in [0.25, 0.3) is 0 Å². The fourth-order valence-corrected chi connectivity index (χ4v) is 2.94. The van der Waals surface area contributed by atoms with Crippen LogP contribution in [0.25, 0.3) is 0 Å². The summed E-state index contributed by atoms with van der Waals surface area (Å²) in [6.45, 7) is 0.866. The number of nitrogens with one attached hydrogen (secondary N) is 2. The Morgan fingerprint density at radius 1 is 1.03 bits per heavy atom. The molecule has 4 N–H and O–H groups in total. The lowest BCUT2D eigenvalue weighted by Crippen LogP contribution is -2.43. The van der Waals surface area contributed by atoms with Gasteiger partial charge in [0.2, 0.25) is 15.9 Å². The predicted molar refractivity (Wildman–Crippen MR) is 129 cm³/mol. The lowest BCUT2D eigenvalue weighted by atomic mass is 10.1. The Bertz CT molecular complexity index is 981. The summed E-state index contributed by atoms with van der Waals surface area (Å²) < 4.78 is 35.7. The summed E-state index contributed by atoms with van der Waals surface area (Å²) in [7, 11) is -0.419.